The summed E-state index contributed by atoms with van der Waals surface area (Å²) in [6, 6.07) is 0.816. The summed E-state index contributed by atoms with van der Waals surface area (Å²) in [6.07, 6.45) is -3.94. The number of anilines is 1. The lowest BCUT2D eigenvalue weighted by molar-refractivity contribution is -0.274. The van der Waals surface area contributed by atoms with Gasteiger partial charge in [0.1, 0.15) is 0 Å². The third-order valence-corrected chi connectivity index (χ3v) is 1.46. The number of aromatic nitrogens is 1. The van der Waals surface area contributed by atoms with Gasteiger partial charge in [-0.15, -0.1) is 13.2 Å². The Kier molecular flexibility index (Phi) is 3.04. The van der Waals surface area contributed by atoms with Crippen molar-refractivity contribution in [3.63, 3.8) is 0 Å². The van der Waals surface area contributed by atoms with Crippen LogP contribution in [0.1, 0.15) is 10.5 Å². The van der Waals surface area contributed by atoms with Crippen LogP contribution in [-0.2, 0) is 0 Å². The molecule has 0 bridgehead atoms. The Morgan fingerprint density at radius 3 is 2.60 bits per heavy atom. The number of hydrogen-bond acceptors (Lipinski definition) is 4. The van der Waals surface area contributed by atoms with Gasteiger partial charge in [0.15, 0.2) is 11.4 Å². The van der Waals surface area contributed by atoms with Crippen molar-refractivity contribution in [1.82, 2.24) is 4.98 Å². The van der Waals surface area contributed by atoms with E-state index in [9.17, 15) is 18.0 Å². The fraction of sp³-hybridized carbons (Fsp3) is 0.143. The Hall–Kier alpha value is -1.50. The van der Waals surface area contributed by atoms with Gasteiger partial charge in [0, 0.05) is 6.07 Å². The molecule has 1 rings (SSSR count). The first-order valence-corrected chi connectivity index (χ1v) is 3.88. The number of nitrogens with zero attached hydrogens (tertiary/aromatic N) is 1. The molecule has 1 heterocycles. The largest absolute Gasteiger partial charge is 0.573 e. The van der Waals surface area contributed by atoms with Crippen molar-refractivity contribution in [2.24, 2.45) is 0 Å². The average molecular weight is 241 g/mol. The number of halogens is 4. The topological polar surface area (TPSA) is 65.2 Å². The van der Waals surface area contributed by atoms with Crippen LogP contribution in [-0.4, -0.2) is 16.6 Å². The van der Waals surface area contributed by atoms with Gasteiger partial charge in [-0.2, -0.15) is 0 Å². The summed E-state index contributed by atoms with van der Waals surface area (Å²) in [6.45, 7) is 0. The third-order valence-electron chi connectivity index (χ3n) is 1.29. The van der Waals surface area contributed by atoms with Gasteiger partial charge >= 0.3 is 6.36 Å². The molecule has 0 aromatic carbocycles. The SMILES string of the molecule is Nc1cnc(C(=O)Cl)c(OC(F)(F)F)c1. The molecule has 1 aromatic rings. The molecule has 2 N–H and O–H groups in total. The summed E-state index contributed by atoms with van der Waals surface area (Å²) in [5, 5.41) is -1.16. The maximum atomic E-state index is 11.9. The zero-order valence-corrected chi connectivity index (χ0v) is 7.76. The van der Waals surface area contributed by atoms with E-state index in [0.29, 0.717) is 0 Å². The summed E-state index contributed by atoms with van der Waals surface area (Å²) in [7, 11) is 0. The van der Waals surface area contributed by atoms with E-state index >= 15 is 0 Å². The monoisotopic (exact) mass is 240 g/mol. The number of nitrogens with two attached hydrogens (primary N) is 1. The number of ether oxygens (including phenoxy) is 1. The molecule has 15 heavy (non-hydrogen) atoms. The lowest BCUT2D eigenvalue weighted by atomic mass is 10.3. The zero-order chi connectivity index (χ0) is 11.6. The second kappa shape index (κ2) is 3.93. The fourth-order valence-electron chi connectivity index (χ4n) is 0.810. The molecule has 0 atom stereocenters. The zero-order valence-electron chi connectivity index (χ0n) is 7.01. The number of alkyl halides is 3. The molecule has 82 valence electrons. The van der Waals surface area contributed by atoms with Crippen molar-refractivity contribution in [3.05, 3.63) is 18.0 Å². The van der Waals surface area contributed by atoms with Crippen LogP contribution >= 0.6 is 11.6 Å². The van der Waals surface area contributed by atoms with E-state index in [2.05, 4.69) is 9.72 Å². The van der Waals surface area contributed by atoms with Crippen molar-refractivity contribution in [3.8, 4) is 5.75 Å². The molecule has 0 aliphatic rings. The first-order valence-electron chi connectivity index (χ1n) is 3.50. The van der Waals surface area contributed by atoms with Gasteiger partial charge in [-0.3, -0.25) is 4.79 Å². The fourth-order valence-corrected chi connectivity index (χ4v) is 0.952. The van der Waals surface area contributed by atoms with E-state index < -0.39 is 23.0 Å². The van der Waals surface area contributed by atoms with Crippen LogP contribution in [0, 0.1) is 0 Å². The van der Waals surface area contributed by atoms with Crippen LogP contribution in [0.2, 0.25) is 0 Å². The van der Waals surface area contributed by atoms with Crippen molar-refractivity contribution in [2.45, 2.75) is 6.36 Å². The van der Waals surface area contributed by atoms with E-state index in [1.54, 1.807) is 0 Å². The lowest BCUT2D eigenvalue weighted by Gasteiger charge is -2.10. The minimum Gasteiger partial charge on any atom is -0.403 e. The van der Waals surface area contributed by atoms with Gasteiger partial charge in [0.25, 0.3) is 5.24 Å². The van der Waals surface area contributed by atoms with Gasteiger partial charge in [0.2, 0.25) is 0 Å². The Bertz CT molecular complexity index is 394. The van der Waals surface area contributed by atoms with Crippen molar-refractivity contribution in [2.75, 3.05) is 5.73 Å². The highest BCUT2D eigenvalue weighted by molar-refractivity contribution is 6.67. The lowest BCUT2D eigenvalue weighted by Crippen LogP contribution is -2.19. The van der Waals surface area contributed by atoms with Crippen LogP contribution in [0.5, 0.6) is 5.75 Å². The predicted molar refractivity (Wildman–Crippen MR) is 45.5 cm³/mol. The summed E-state index contributed by atoms with van der Waals surface area (Å²) >= 11 is 5.00. The Labute approximate surface area is 86.8 Å². The molecule has 0 aliphatic carbocycles. The molecule has 0 saturated heterocycles. The molecule has 0 saturated carbocycles. The van der Waals surface area contributed by atoms with E-state index in [1.807, 2.05) is 0 Å². The smallest absolute Gasteiger partial charge is 0.403 e. The summed E-state index contributed by atoms with van der Waals surface area (Å²) < 4.78 is 39.1. The Morgan fingerprint density at radius 1 is 1.53 bits per heavy atom. The normalized spacial score (nSPS) is 11.2. The standard InChI is InChI=1S/C7H4ClF3N2O2/c8-6(14)5-4(15-7(9,10)11)1-3(12)2-13-5/h1-2H,12H2. The second-order valence-corrected chi connectivity index (χ2v) is 2.78. The van der Waals surface area contributed by atoms with E-state index in [4.69, 9.17) is 17.3 Å². The van der Waals surface area contributed by atoms with Gasteiger partial charge in [-0.05, 0) is 11.6 Å². The molecule has 0 aliphatic heterocycles. The summed E-state index contributed by atoms with van der Waals surface area (Å²) in [5.74, 6) is -0.817. The molecule has 8 heteroatoms. The molecule has 0 unspecified atom stereocenters. The quantitative estimate of drug-likeness (QED) is 0.803. The highest BCUT2D eigenvalue weighted by Gasteiger charge is 2.33. The number of rotatable bonds is 2. The number of pyridine rings is 1. The molecular weight excluding hydrogens is 237 g/mol. The second-order valence-electron chi connectivity index (χ2n) is 2.44. The van der Waals surface area contributed by atoms with Gasteiger partial charge in [0.05, 0.1) is 11.9 Å². The number of carbonyl (C=O) groups excluding carboxylic acids is 1. The summed E-state index contributed by atoms with van der Waals surface area (Å²) in [5.41, 5.74) is 4.47. The minimum absolute atomic E-state index is 0.0732. The first-order chi connectivity index (χ1) is 6.79. The van der Waals surface area contributed by atoms with Crippen LogP contribution in [0.4, 0.5) is 18.9 Å². The van der Waals surface area contributed by atoms with Gasteiger partial charge < -0.3 is 10.5 Å². The van der Waals surface area contributed by atoms with Crippen LogP contribution in [0.25, 0.3) is 0 Å². The van der Waals surface area contributed by atoms with Crippen LogP contribution in [0.3, 0.4) is 0 Å². The molecule has 0 spiro atoms. The third kappa shape index (κ3) is 3.28. The Morgan fingerprint density at radius 2 is 2.13 bits per heavy atom. The van der Waals surface area contributed by atoms with Crippen LogP contribution < -0.4 is 10.5 Å². The molecule has 0 fully saturated rings. The predicted octanol–water partition coefficient (Wildman–Crippen LogP) is 1.94. The van der Waals surface area contributed by atoms with Crippen molar-refractivity contribution >= 4 is 22.5 Å². The summed E-state index contributed by atoms with van der Waals surface area (Å²) in [4.78, 5) is 14.0. The van der Waals surface area contributed by atoms with E-state index in [-0.39, 0.29) is 5.69 Å². The van der Waals surface area contributed by atoms with E-state index in [0.717, 1.165) is 12.3 Å². The van der Waals surface area contributed by atoms with Gasteiger partial charge in [-0.25, -0.2) is 4.98 Å². The molecular formula is C7H4ClF3N2O2. The average Bonchev–Trinajstić information content (AvgIpc) is 1.99. The van der Waals surface area contributed by atoms with Gasteiger partial charge in [-0.1, -0.05) is 0 Å². The number of carbonyl (C=O) groups is 1. The Balaban J connectivity index is 3.13. The molecule has 4 nitrogen and oxygen atoms in total. The number of hydrogen-bond donors (Lipinski definition) is 1. The highest BCUT2D eigenvalue weighted by Crippen LogP contribution is 2.27. The van der Waals surface area contributed by atoms with Crippen LogP contribution in [0.15, 0.2) is 12.3 Å². The maximum Gasteiger partial charge on any atom is 0.573 e. The van der Waals surface area contributed by atoms with Crippen molar-refractivity contribution < 1.29 is 22.7 Å². The molecule has 1 aromatic heterocycles. The molecule has 0 amide bonds. The van der Waals surface area contributed by atoms with E-state index in [1.165, 1.54) is 0 Å². The van der Waals surface area contributed by atoms with Crippen molar-refractivity contribution in [1.29, 1.82) is 0 Å². The highest BCUT2D eigenvalue weighted by atomic mass is 35.5. The first kappa shape index (κ1) is 11.6. The maximum absolute atomic E-state index is 11.9. The minimum atomic E-state index is -4.93. The molecule has 0 radical (unpaired) electrons. The number of nitrogen functional groups attached to an aromatic ring is 1.